The minimum absolute atomic E-state index is 0.124. The topological polar surface area (TPSA) is 66.5 Å². The van der Waals surface area contributed by atoms with Crippen molar-refractivity contribution in [2.75, 3.05) is 0 Å². The highest BCUT2D eigenvalue weighted by Crippen LogP contribution is 2.31. The Bertz CT molecular complexity index is 181. The maximum atomic E-state index is 9.32. The lowest BCUT2D eigenvalue weighted by Crippen LogP contribution is -2.55. The van der Waals surface area contributed by atoms with Crippen molar-refractivity contribution >= 4 is 0 Å². The second-order valence-electron chi connectivity index (χ2n) is 5.22. The Balaban J connectivity index is 4.51. The maximum absolute atomic E-state index is 9.32. The molecular weight excluding hydrogens is 202 g/mol. The van der Waals surface area contributed by atoms with Gasteiger partial charge in [-0.15, -0.1) is 0 Å². The fourth-order valence-electron chi connectivity index (χ4n) is 2.22. The molecule has 0 aliphatic rings. The summed E-state index contributed by atoms with van der Waals surface area (Å²) < 4.78 is 0. The molecule has 0 fully saturated rings. The van der Waals surface area contributed by atoms with E-state index in [1.165, 1.54) is 12.8 Å². The van der Waals surface area contributed by atoms with E-state index in [0.717, 1.165) is 19.3 Å². The highest BCUT2D eigenvalue weighted by atomic mass is 16.5. The van der Waals surface area contributed by atoms with Gasteiger partial charge in [0.05, 0.1) is 5.54 Å². The van der Waals surface area contributed by atoms with Crippen LogP contribution >= 0.6 is 0 Å². The number of aliphatic hydroxyl groups is 2. The summed E-state index contributed by atoms with van der Waals surface area (Å²) in [5, 5.41) is 18.6. The zero-order valence-corrected chi connectivity index (χ0v) is 11.2. The normalized spacial score (nSPS) is 19.5. The average molecular weight is 231 g/mol. The van der Waals surface area contributed by atoms with E-state index in [1.54, 1.807) is 6.92 Å². The van der Waals surface area contributed by atoms with Gasteiger partial charge in [-0.25, -0.2) is 0 Å². The highest BCUT2D eigenvalue weighted by molar-refractivity contribution is 4.90. The Hall–Kier alpha value is -0.120. The molecule has 0 bridgehead atoms. The van der Waals surface area contributed by atoms with E-state index in [4.69, 9.17) is 5.73 Å². The summed E-state index contributed by atoms with van der Waals surface area (Å²) >= 11 is 0. The van der Waals surface area contributed by atoms with Crippen LogP contribution in [0.5, 0.6) is 0 Å². The number of hydrogen-bond acceptors (Lipinski definition) is 3. The van der Waals surface area contributed by atoms with Crippen LogP contribution in [0.15, 0.2) is 0 Å². The summed E-state index contributed by atoms with van der Waals surface area (Å²) in [5.41, 5.74) is 5.10. The van der Waals surface area contributed by atoms with Crippen molar-refractivity contribution in [3.8, 4) is 0 Å². The van der Waals surface area contributed by atoms with Gasteiger partial charge in [-0.3, -0.25) is 0 Å². The lowest BCUT2D eigenvalue weighted by atomic mass is 9.74. The summed E-state index contributed by atoms with van der Waals surface area (Å²) in [6, 6.07) is 0. The smallest absolute Gasteiger partial charge is 0.169 e. The van der Waals surface area contributed by atoms with E-state index >= 15 is 0 Å². The van der Waals surface area contributed by atoms with Crippen molar-refractivity contribution in [3.05, 3.63) is 0 Å². The van der Waals surface area contributed by atoms with Gasteiger partial charge >= 0.3 is 0 Å². The molecule has 0 aliphatic heterocycles. The molecule has 0 aromatic heterocycles. The fourth-order valence-corrected chi connectivity index (χ4v) is 2.22. The van der Waals surface area contributed by atoms with Crippen LogP contribution in [0.1, 0.15) is 59.8 Å². The molecule has 3 unspecified atom stereocenters. The van der Waals surface area contributed by atoms with E-state index in [0.29, 0.717) is 5.92 Å². The minimum Gasteiger partial charge on any atom is -0.367 e. The Morgan fingerprint density at radius 3 is 2.06 bits per heavy atom. The molecule has 0 aromatic carbocycles. The van der Waals surface area contributed by atoms with Gasteiger partial charge in [-0.05, 0) is 18.8 Å². The third-order valence-corrected chi connectivity index (χ3v) is 3.83. The second kappa shape index (κ2) is 7.25. The fraction of sp³-hybridized carbons (Fsp3) is 1.00. The first-order chi connectivity index (χ1) is 7.37. The summed E-state index contributed by atoms with van der Waals surface area (Å²) in [4.78, 5) is 0. The van der Waals surface area contributed by atoms with E-state index in [1.807, 2.05) is 6.92 Å². The van der Waals surface area contributed by atoms with Crippen molar-refractivity contribution in [2.24, 2.45) is 17.6 Å². The first-order valence-corrected chi connectivity index (χ1v) is 6.52. The number of aliphatic hydroxyl groups excluding tert-OH is 1. The Kier molecular flexibility index (Phi) is 7.20. The summed E-state index contributed by atoms with van der Waals surface area (Å²) in [6.07, 6.45) is 4.29. The molecule has 0 rings (SSSR count). The van der Waals surface area contributed by atoms with Crippen LogP contribution in [-0.2, 0) is 0 Å². The van der Waals surface area contributed by atoms with Gasteiger partial charge in [0, 0.05) is 0 Å². The molecule has 0 radical (unpaired) electrons. The van der Waals surface area contributed by atoms with Crippen molar-refractivity contribution < 1.29 is 10.2 Å². The predicted octanol–water partition coefficient (Wildman–Crippen LogP) is 2.26. The van der Waals surface area contributed by atoms with Gasteiger partial charge in [0.25, 0.3) is 0 Å². The lowest BCUT2D eigenvalue weighted by molar-refractivity contribution is -0.114. The molecule has 0 heterocycles. The zero-order valence-electron chi connectivity index (χ0n) is 11.2. The van der Waals surface area contributed by atoms with Crippen LogP contribution in [0.2, 0.25) is 0 Å². The van der Waals surface area contributed by atoms with Gasteiger partial charge in [0.1, 0.15) is 0 Å². The van der Waals surface area contributed by atoms with Gasteiger partial charge in [0.2, 0.25) is 0 Å². The van der Waals surface area contributed by atoms with E-state index in [-0.39, 0.29) is 5.92 Å². The first-order valence-electron chi connectivity index (χ1n) is 6.52. The van der Waals surface area contributed by atoms with Crippen molar-refractivity contribution in [1.29, 1.82) is 0 Å². The largest absolute Gasteiger partial charge is 0.367 e. The first kappa shape index (κ1) is 15.9. The summed E-state index contributed by atoms with van der Waals surface area (Å²) in [7, 11) is 0. The average Bonchev–Trinajstić information content (AvgIpc) is 2.22. The van der Waals surface area contributed by atoms with Gasteiger partial charge in [0.15, 0.2) is 6.29 Å². The molecule has 3 atom stereocenters. The molecule has 0 spiro atoms. The predicted molar refractivity (Wildman–Crippen MR) is 67.9 cm³/mol. The van der Waals surface area contributed by atoms with Crippen molar-refractivity contribution in [3.63, 3.8) is 0 Å². The van der Waals surface area contributed by atoms with Crippen LogP contribution < -0.4 is 5.73 Å². The molecule has 16 heavy (non-hydrogen) atoms. The molecule has 3 nitrogen and oxygen atoms in total. The third kappa shape index (κ3) is 4.40. The Morgan fingerprint density at radius 1 is 1.12 bits per heavy atom. The van der Waals surface area contributed by atoms with Gasteiger partial charge in [-0.1, -0.05) is 52.9 Å². The second-order valence-corrected chi connectivity index (χ2v) is 5.22. The number of hydrogen-bond donors (Lipinski definition) is 3. The highest BCUT2D eigenvalue weighted by Gasteiger charge is 2.37. The number of rotatable bonds is 8. The lowest BCUT2D eigenvalue weighted by Gasteiger charge is -2.38. The third-order valence-electron chi connectivity index (χ3n) is 3.83. The van der Waals surface area contributed by atoms with Gasteiger partial charge < -0.3 is 15.9 Å². The molecule has 98 valence electrons. The molecule has 3 heteroatoms. The van der Waals surface area contributed by atoms with Crippen LogP contribution in [0.4, 0.5) is 0 Å². The monoisotopic (exact) mass is 231 g/mol. The molecular formula is C13H29NO2. The number of unbranched alkanes of at least 4 members (excludes halogenated alkanes) is 1. The van der Waals surface area contributed by atoms with Gasteiger partial charge in [-0.2, -0.15) is 0 Å². The Labute approximate surface area is 100 Å². The standard InChI is InChI=1S/C13H29NO2/c1-5-7-9-11(8-6-2)10(3)13(4,14)12(15)16/h10-12,15-16H,5-9,14H2,1-4H3. The molecule has 0 saturated carbocycles. The van der Waals surface area contributed by atoms with E-state index in [9.17, 15) is 10.2 Å². The molecule has 4 N–H and O–H groups in total. The Morgan fingerprint density at radius 2 is 1.69 bits per heavy atom. The van der Waals surface area contributed by atoms with Crippen molar-refractivity contribution in [1.82, 2.24) is 0 Å². The van der Waals surface area contributed by atoms with Crippen LogP contribution in [0.3, 0.4) is 0 Å². The molecule has 0 saturated heterocycles. The maximum Gasteiger partial charge on any atom is 0.169 e. The molecule has 0 aromatic rings. The van der Waals surface area contributed by atoms with Crippen molar-refractivity contribution in [2.45, 2.75) is 71.6 Å². The van der Waals surface area contributed by atoms with E-state index < -0.39 is 11.8 Å². The SMILES string of the molecule is CCCCC(CCC)C(C)C(C)(N)C(O)O. The van der Waals surface area contributed by atoms with Crippen LogP contribution in [0.25, 0.3) is 0 Å². The quantitative estimate of drug-likeness (QED) is 0.561. The van der Waals surface area contributed by atoms with Crippen LogP contribution in [0, 0.1) is 11.8 Å². The minimum atomic E-state index is -1.44. The van der Waals surface area contributed by atoms with Crippen LogP contribution in [-0.4, -0.2) is 22.0 Å². The summed E-state index contributed by atoms with van der Waals surface area (Å²) in [5.74, 6) is 0.612. The summed E-state index contributed by atoms with van der Waals surface area (Å²) in [6.45, 7) is 8.11. The molecule has 0 amide bonds. The number of nitrogens with two attached hydrogens (primary N) is 1. The zero-order chi connectivity index (χ0) is 12.8. The molecule has 0 aliphatic carbocycles. The van der Waals surface area contributed by atoms with E-state index in [2.05, 4.69) is 13.8 Å².